The van der Waals surface area contributed by atoms with E-state index in [9.17, 15) is 19.5 Å². The number of aromatic amines is 1. The lowest BCUT2D eigenvalue weighted by atomic mass is 9.91. The minimum absolute atomic E-state index is 0.230. The Bertz CT molecular complexity index is 1120. The van der Waals surface area contributed by atoms with Crippen LogP contribution in [0.15, 0.2) is 24.3 Å². The molecule has 4 N–H and O–H groups in total. The zero-order chi connectivity index (χ0) is 24.9. The molecule has 0 radical (unpaired) electrons. The second-order valence-corrected chi connectivity index (χ2v) is 8.21. The third kappa shape index (κ3) is 5.37. The molecular formula is C25H31N3O6. The molecule has 1 atom stereocenters. The molecule has 3 rings (SSSR count). The van der Waals surface area contributed by atoms with Crippen molar-refractivity contribution in [2.75, 3.05) is 31.7 Å². The number of amides is 2. The quantitative estimate of drug-likeness (QED) is 0.241. The molecule has 2 heterocycles. The summed E-state index contributed by atoms with van der Waals surface area (Å²) >= 11 is 0. The van der Waals surface area contributed by atoms with Gasteiger partial charge in [0.2, 0.25) is 0 Å². The molecule has 9 nitrogen and oxygen atoms in total. The van der Waals surface area contributed by atoms with Crippen LogP contribution in [0.5, 0.6) is 0 Å². The Morgan fingerprint density at radius 2 is 1.97 bits per heavy atom. The Balaban J connectivity index is 1.89. The van der Waals surface area contributed by atoms with Gasteiger partial charge in [-0.1, -0.05) is 13.0 Å². The molecule has 1 aliphatic heterocycles. The maximum Gasteiger partial charge on any atom is 0.340 e. The van der Waals surface area contributed by atoms with Gasteiger partial charge in [0.1, 0.15) is 0 Å². The van der Waals surface area contributed by atoms with Crippen LogP contribution in [0, 0.1) is 6.92 Å². The number of ether oxygens (including phenoxy) is 2. The fourth-order valence-corrected chi connectivity index (χ4v) is 3.67. The Morgan fingerprint density at radius 3 is 2.68 bits per heavy atom. The maximum absolute atomic E-state index is 12.7. The maximum atomic E-state index is 12.7. The molecule has 0 unspecified atom stereocenters. The first kappa shape index (κ1) is 25.2. The van der Waals surface area contributed by atoms with Crippen molar-refractivity contribution in [3.8, 4) is 0 Å². The average molecular weight is 470 g/mol. The summed E-state index contributed by atoms with van der Waals surface area (Å²) in [5, 5.41) is 16.4. The molecule has 9 heteroatoms. The summed E-state index contributed by atoms with van der Waals surface area (Å²) in [5.74, 6) is -1.42. The highest BCUT2D eigenvalue weighted by atomic mass is 16.5. The van der Waals surface area contributed by atoms with E-state index in [1.807, 2.05) is 6.92 Å². The molecular weight excluding hydrogens is 438 g/mol. The van der Waals surface area contributed by atoms with E-state index in [1.165, 1.54) is 6.92 Å². The highest BCUT2D eigenvalue weighted by Gasteiger charge is 2.35. The molecule has 34 heavy (non-hydrogen) atoms. The van der Waals surface area contributed by atoms with Crippen molar-refractivity contribution in [3.63, 3.8) is 0 Å². The molecule has 0 spiro atoms. The van der Waals surface area contributed by atoms with E-state index in [4.69, 9.17) is 9.47 Å². The van der Waals surface area contributed by atoms with Gasteiger partial charge in [-0.3, -0.25) is 9.59 Å². The number of carbonyl (C=O) groups excluding carboxylic acids is 3. The minimum Gasteiger partial charge on any atom is -0.462 e. The first-order valence-electron chi connectivity index (χ1n) is 11.3. The highest BCUT2D eigenvalue weighted by molar-refractivity contribution is 6.35. The smallest absolute Gasteiger partial charge is 0.340 e. The lowest BCUT2D eigenvalue weighted by molar-refractivity contribution is -0.139. The predicted octanol–water partition coefficient (Wildman–Crippen LogP) is 2.74. The number of aryl methyl sites for hydroxylation is 1. The van der Waals surface area contributed by atoms with Crippen molar-refractivity contribution in [2.45, 2.75) is 39.7 Å². The van der Waals surface area contributed by atoms with Gasteiger partial charge in [-0.25, -0.2) is 4.79 Å². The first-order chi connectivity index (χ1) is 16.2. The number of fused-ring (bicyclic) bond motifs is 1. The Kier molecular flexibility index (Phi) is 7.90. The van der Waals surface area contributed by atoms with Crippen molar-refractivity contribution >= 4 is 35.1 Å². The van der Waals surface area contributed by atoms with Gasteiger partial charge in [0.15, 0.2) is 5.60 Å². The number of rotatable bonds is 10. The molecule has 1 aromatic heterocycles. The van der Waals surface area contributed by atoms with Crippen LogP contribution in [0.25, 0.3) is 11.6 Å². The number of esters is 1. The summed E-state index contributed by atoms with van der Waals surface area (Å²) in [6, 6.07) is 6.50. The molecule has 0 saturated heterocycles. The van der Waals surface area contributed by atoms with Gasteiger partial charge in [-0.15, -0.1) is 0 Å². The number of hydrogen-bond acceptors (Lipinski definition) is 6. The summed E-state index contributed by atoms with van der Waals surface area (Å²) in [6.07, 6.45) is 2.46. The first-order valence-corrected chi connectivity index (χ1v) is 11.3. The number of nitrogens with one attached hydrogen (secondary N) is 3. The van der Waals surface area contributed by atoms with Crippen LogP contribution in [0.4, 0.5) is 5.69 Å². The second-order valence-electron chi connectivity index (χ2n) is 8.21. The Morgan fingerprint density at radius 1 is 1.21 bits per heavy atom. The monoisotopic (exact) mass is 469 g/mol. The number of hydrogen-bond donors (Lipinski definition) is 4. The van der Waals surface area contributed by atoms with Gasteiger partial charge in [-0.05, 0) is 57.0 Å². The SMILES string of the molecule is CCCOCCNC(=O)[C@@](C)(O)c1ccc2c(c1)/C(=C/c1[nH]c(C)cc1C(=O)OCC)C(=O)N2. The van der Waals surface area contributed by atoms with Crippen LogP contribution in [0.2, 0.25) is 0 Å². The third-order valence-corrected chi connectivity index (χ3v) is 5.45. The number of benzene rings is 1. The molecule has 2 amide bonds. The Labute approximate surface area is 198 Å². The van der Waals surface area contributed by atoms with Crippen LogP contribution < -0.4 is 10.6 Å². The van der Waals surface area contributed by atoms with Gasteiger partial charge in [0, 0.05) is 30.1 Å². The zero-order valence-electron chi connectivity index (χ0n) is 19.9. The fourth-order valence-electron chi connectivity index (χ4n) is 3.67. The third-order valence-electron chi connectivity index (χ3n) is 5.45. The lowest BCUT2D eigenvalue weighted by Crippen LogP contribution is -2.43. The highest BCUT2D eigenvalue weighted by Crippen LogP contribution is 2.36. The van der Waals surface area contributed by atoms with E-state index >= 15 is 0 Å². The second kappa shape index (κ2) is 10.7. The summed E-state index contributed by atoms with van der Waals surface area (Å²) in [6.45, 7) is 8.37. The number of aliphatic hydroxyl groups is 1. The van der Waals surface area contributed by atoms with Crippen LogP contribution in [-0.2, 0) is 24.7 Å². The molecule has 1 aliphatic rings. The van der Waals surface area contributed by atoms with E-state index in [1.54, 1.807) is 44.2 Å². The largest absolute Gasteiger partial charge is 0.462 e. The molecule has 0 fully saturated rings. The minimum atomic E-state index is -1.82. The van der Waals surface area contributed by atoms with Crippen LogP contribution in [0.1, 0.15) is 60.1 Å². The average Bonchev–Trinajstić information content (AvgIpc) is 3.32. The van der Waals surface area contributed by atoms with Crippen LogP contribution >= 0.6 is 0 Å². The van der Waals surface area contributed by atoms with Crippen molar-refractivity contribution in [1.82, 2.24) is 10.3 Å². The summed E-state index contributed by atoms with van der Waals surface area (Å²) in [4.78, 5) is 40.8. The predicted molar refractivity (Wildman–Crippen MR) is 128 cm³/mol. The van der Waals surface area contributed by atoms with Crippen LogP contribution in [0.3, 0.4) is 0 Å². The number of aromatic nitrogens is 1. The van der Waals surface area contributed by atoms with E-state index in [0.717, 1.165) is 12.1 Å². The van der Waals surface area contributed by atoms with Gasteiger partial charge >= 0.3 is 5.97 Å². The van der Waals surface area contributed by atoms with E-state index in [0.29, 0.717) is 46.9 Å². The summed E-state index contributed by atoms with van der Waals surface area (Å²) in [7, 11) is 0. The molecule has 182 valence electrons. The van der Waals surface area contributed by atoms with Crippen molar-refractivity contribution < 1.29 is 29.0 Å². The number of H-pyrrole nitrogens is 1. The topological polar surface area (TPSA) is 130 Å². The Hall–Kier alpha value is -3.43. The lowest BCUT2D eigenvalue weighted by Gasteiger charge is -2.23. The zero-order valence-corrected chi connectivity index (χ0v) is 19.9. The van der Waals surface area contributed by atoms with Crippen molar-refractivity contribution in [1.29, 1.82) is 0 Å². The number of carbonyl (C=O) groups is 3. The van der Waals surface area contributed by atoms with E-state index < -0.39 is 17.5 Å². The normalized spacial score (nSPS) is 15.6. The van der Waals surface area contributed by atoms with Gasteiger partial charge < -0.3 is 30.2 Å². The van der Waals surface area contributed by atoms with Crippen LogP contribution in [-0.4, -0.2) is 54.2 Å². The molecule has 0 saturated carbocycles. The molecule has 2 aromatic rings. The van der Waals surface area contributed by atoms with Gasteiger partial charge in [-0.2, -0.15) is 0 Å². The fraction of sp³-hybridized carbons (Fsp3) is 0.400. The number of anilines is 1. The standard InChI is InChI=1S/C25H31N3O6/c1-5-10-33-11-9-26-24(31)25(4,32)16-7-8-20-17(13-16)18(22(29)28-20)14-21-19(12-15(3)27-21)23(30)34-6-2/h7-8,12-14,27,32H,5-6,9-11H2,1-4H3,(H,26,31)(H,28,29)/b18-14-/t25-/m0/s1. The van der Waals surface area contributed by atoms with Crippen molar-refractivity contribution in [3.05, 3.63) is 52.3 Å². The van der Waals surface area contributed by atoms with Crippen molar-refractivity contribution in [2.24, 2.45) is 0 Å². The molecule has 0 aliphatic carbocycles. The summed E-state index contributed by atoms with van der Waals surface area (Å²) in [5.41, 5.74) is 1.37. The van der Waals surface area contributed by atoms with E-state index in [2.05, 4.69) is 15.6 Å². The molecule has 1 aromatic carbocycles. The van der Waals surface area contributed by atoms with E-state index in [-0.39, 0.29) is 19.1 Å². The molecule has 0 bridgehead atoms. The van der Waals surface area contributed by atoms with Gasteiger partial charge in [0.25, 0.3) is 11.8 Å². The summed E-state index contributed by atoms with van der Waals surface area (Å²) < 4.78 is 10.5. The van der Waals surface area contributed by atoms with Gasteiger partial charge in [0.05, 0.1) is 30.0 Å².